The minimum absolute atomic E-state index is 0.974. The van der Waals surface area contributed by atoms with E-state index in [9.17, 15) is 0 Å². The summed E-state index contributed by atoms with van der Waals surface area (Å²) >= 11 is 0. The summed E-state index contributed by atoms with van der Waals surface area (Å²) in [7, 11) is 0. The van der Waals surface area contributed by atoms with Gasteiger partial charge >= 0.3 is 0 Å². The molecule has 0 amide bonds. The zero-order chi connectivity index (χ0) is 15.0. The lowest BCUT2D eigenvalue weighted by molar-refractivity contribution is 0.960. The van der Waals surface area contributed by atoms with Crippen molar-refractivity contribution in [1.82, 2.24) is 14.6 Å². The molecule has 3 aromatic rings. The van der Waals surface area contributed by atoms with Gasteiger partial charge in [0.05, 0.1) is 11.7 Å². The molecule has 0 saturated heterocycles. The summed E-state index contributed by atoms with van der Waals surface area (Å²) in [5, 5.41) is 4.30. The summed E-state index contributed by atoms with van der Waals surface area (Å²) < 4.78 is 1.84. The van der Waals surface area contributed by atoms with Crippen molar-refractivity contribution in [2.24, 2.45) is 0 Å². The number of aromatic nitrogens is 3. The Kier molecular flexibility index (Phi) is 3.18. The number of hydrogen-bond acceptors (Lipinski definition) is 2. The predicted molar refractivity (Wildman–Crippen MR) is 87.1 cm³/mol. The zero-order valence-electron chi connectivity index (χ0n) is 12.3. The first-order chi connectivity index (χ1) is 10.1. The number of hydrogen-bond donors (Lipinski definition) is 0. The lowest BCUT2D eigenvalue weighted by Gasteiger charge is -2.10. The highest BCUT2D eigenvalue weighted by Gasteiger charge is 2.09. The topological polar surface area (TPSA) is 30.2 Å². The van der Waals surface area contributed by atoms with Crippen LogP contribution in [0.25, 0.3) is 17.2 Å². The first-order valence-electron chi connectivity index (χ1n) is 6.83. The zero-order valence-corrected chi connectivity index (χ0v) is 12.3. The Balaban J connectivity index is 2.13. The summed E-state index contributed by atoms with van der Waals surface area (Å²) in [5.41, 5.74) is 7.30. The Hall–Kier alpha value is -2.68. The number of nitrogens with zero attached hydrogens (tertiary/aromatic N) is 3. The lowest BCUT2D eigenvalue weighted by Crippen LogP contribution is -1.96. The van der Waals surface area contributed by atoms with Crippen LogP contribution in [0.4, 0.5) is 0 Å². The molecule has 0 aliphatic carbocycles. The molecule has 0 fully saturated rings. The molecule has 0 N–H and O–H groups in total. The summed E-state index contributed by atoms with van der Waals surface area (Å²) in [6, 6.07) is 6.24. The van der Waals surface area contributed by atoms with Gasteiger partial charge in [-0.1, -0.05) is 19.2 Å². The Morgan fingerprint density at radius 2 is 2.05 bits per heavy atom. The van der Waals surface area contributed by atoms with Gasteiger partial charge in [-0.25, -0.2) is 4.52 Å². The molecule has 0 aliphatic rings. The predicted octanol–water partition coefficient (Wildman–Crippen LogP) is 4.05. The van der Waals surface area contributed by atoms with Crippen molar-refractivity contribution in [2.45, 2.75) is 13.8 Å². The van der Waals surface area contributed by atoms with Gasteiger partial charge in [-0.3, -0.25) is 4.98 Å². The molecule has 21 heavy (non-hydrogen) atoms. The molecule has 3 heteroatoms. The Morgan fingerprint density at radius 1 is 1.24 bits per heavy atom. The number of aryl methyl sites for hydroxylation is 2. The van der Waals surface area contributed by atoms with E-state index in [4.69, 9.17) is 0 Å². The largest absolute Gasteiger partial charge is 0.261 e. The van der Waals surface area contributed by atoms with Crippen molar-refractivity contribution in [3.63, 3.8) is 0 Å². The van der Waals surface area contributed by atoms with E-state index in [2.05, 4.69) is 35.4 Å². The fraction of sp³-hybridized carbons (Fsp3) is 0.111. The maximum atomic E-state index is 4.42. The maximum Gasteiger partial charge on any atom is 0.0739 e. The van der Waals surface area contributed by atoms with E-state index in [-0.39, 0.29) is 0 Å². The quantitative estimate of drug-likeness (QED) is 0.722. The highest BCUT2D eigenvalue weighted by Crippen LogP contribution is 2.26. The van der Waals surface area contributed by atoms with Gasteiger partial charge < -0.3 is 0 Å². The minimum Gasteiger partial charge on any atom is -0.261 e. The van der Waals surface area contributed by atoms with E-state index in [1.54, 1.807) is 0 Å². The smallest absolute Gasteiger partial charge is 0.0739 e. The molecule has 3 aromatic heterocycles. The molecule has 3 nitrogen and oxygen atoms in total. The van der Waals surface area contributed by atoms with Crippen LogP contribution in [0.3, 0.4) is 0 Å². The molecule has 0 unspecified atom stereocenters. The molecule has 0 radical (unpaired) electrons. The van der Waals surface area contributed by atoms with Crippen LogP contribution in [-0.4, -0.2) is 14.6 Å². The van der Waals surface area contributed by atoms with Crippen LogP contribution in [0.15, 0.2) is 49.9 Å². The van der Waals surface area contributed by atoms with Gasteiger partial charge in [-0.2, -0.15) is 5.10 Å². The van der Waals surface area contributed by atoms with Crippen molar-refractivity contribution in [2.75, 3.05) is 0 Å². The van der Waals surface area contributed by atoms with Gasteiger partial charge in [0.1, 0.15) is 0 Å². The van der Waals surface area contributed by atoms with Crippen LogP contribution in [-0.2, 0) is 0 Å². The van der Waals surface area contributed by atoms with Gasteiger partial charge in [0.2, 0.25) is 0 Å². The number of rotatable bonds is 3. The van der Waals surface area contributed by atoms with E-state index in [0.29, 0.717) is 0 Å². The van der Waals surface area contributed by atoms with E-state index in [1.165, 1.54) is 0 Å². The Bertz CT molecular complexity index is 856. The monoisotopic (exact) mass is 275 g/mol. The van der Waals surface area contributed by atoms with Gasteiger partial charge in [0, 0.05) is 29.2 Å². The van der Waals surface area contributed by atoms with Gasteiger partial charge in [-0.05, 0) is 48.7 Å². The average molecular weight is 275 g/mol. The summed E-state index contributed by atoms with van der Waals surface area (Å²) in [6.45, 7) is 12.1. The normalized spacial score (nSPS) is 10.8. The summed E-state index contributed by atoms with van der Waals surface area (Å²) in [5.74, 6) is 0. The third-order valence-electron chi connectivity index (χ3n) is 3.67. The second-order valence-corrected chi connectivity index (χ2v) is 5.17. The van der Waals surface area contributed by atoms with Crippen LogP contribution in [0, 0.1) is 13.8 Å². The number of fused-ring (bicyclic) bond motifs is 1. The van der Waals surface area contributed by atoms with Crippen LogP contribution >= 0.6 is 0 Å². The maximum absolute atomic E-state index is 4.42. The highest BCUT2D eigenvalue weighted by molar-refractivity contribution is 5.82. The van der Waals surface area contributed by atoms with Crippen molar-refractivity contribution >= 4 is 17.2 Å². The van der Waals surface area contributed by atoms with E-state index < -0.39 is 0 Å². The van der Waals surface area contributed by atoms with E-state index >= 15 is 0 Å². The van der Waals surface area contributed by atoms with Crippen LogP contribution in [0.2, 0.25) is 0 Å². The summed E-state index contributed by atoms with van der Waals surface area (Å²) in [4.78, 5) is 4.42. The molecule has 0 saturated carbocycles. The molecule has 3 rings (SSSR count). The van der Waals surface area contributed by atoms with Crippen molar-refractivity contribution in [3.8, 4) is 0 Å². The molecular formula is C18H17N3. The first kappa shape index (κ1) is 13.3. The molecule has 0 atom stereocenters. The molecule has 104 valence electrons. The average Bonchev–Trinajstić information content (AvgIpc) is 2.91. The summed E-state index contributed by atoms with van der Waals surface area (Å²) in [6.07, 6.45) is 7.45. The Morgan fingerprint density at radius 3 is 2.81 bits per heavy atom. The van der Waals surface area contributed by atoms with Crippen LogP contribution in [0.1, 0.15) is 27.9 Å². The fourth-order valence-corrected chi connectivity index (χ4v) is 2.44. The molecule has 0 aliphatic heterocycles. The SMILES string of the molecule is C=Cc1cnn2ccc(C(=C)c3cc(C)cnc3C)cc12. The molecule has 0 spiro atoms. The molecule has 3 heterocycles. The minimum atomic E-state index is 0.974. The third-order valence-corrected chi connectivity index (χ3v) is 3.67. The van der Waals surface area contributed by atoms with E-state index in [1.807, 2.05) is 49.1 Å². The van der Waals surface area contributed by atoms with Crippen LogP contribution in [0.5, 0.6) is 0 Å². The van der Waals surface area contributed by atoms with Crippen molar-refractivity contribution < 1.29 is 0 Å². The molecule has 0 bridgehead atoms. The first-order valence-corrected chi connectivity index (χ1v) is 6.83. The highest BCUT2D eigenvalue weighted by atomic mass is 15.2. The van der Waals surface area contributed by atoms with Gasteiger partial charge in [-0.15, -0.1) is 0 Å². The fourth-order valence-electron chi connectivity index (χ4n) is 2.44. The van der Waals surface area contributed by atoms with Crippen molar-refractivity contribution in [3.05, 3.63) is 77.9 Å². The second kappa shape index (κ2) is 5.02. The standard InChI is InChI=1S/C18H17N3/c1-5-15-11-20-21-7-6-16(9-18(15)21)13(3)17-8-12(2)10-19-14(17)4/h5-11H,1,3H2,2,4H3. The lowest BCUT2D eigenvalue weighted by atomic mass is 9.97. The second-order valence-electron chi connectivity index (χ2n) is 5.17. The van der Waals surface area contributed by atoms with Crippen LogP contribution < -0.4 is 0 Å². The third kappa shape index (κ3) is 2.27. The molecule has 0 aromatic carbocycles. The van der Waals surface area contributed by atoms with Gasteiger partial charge in [0.25, 0.3) is 0 Å². The van der Waals surface area contributed by atoms with Gasteiger partial charge in [0.15, 0.2) is 0 Å². The van der Waals surface area contributed by atoms with E-state index in [0.717, 1.165) is 39.0 Å². The molecular weight excluding hydrogens is 258 g/mol. The Labute approximate surface area is 124 Å². The van der Waals surface area contributed by atoms with Crippen molar-refractivity contribution in [1.29, 1.82) is 0 Å². The number of pyridine rings is 2.